The van der Waals surface area contributed by atoms with E-state index in [1.54, 1.807) is 18.2 Å². The van der Waals surface area contributed by atoms with E-state index in [0.717, 1.165) is 16.7 Å². The maximum Gasteiger partial charge on any atom is 0.125 e. The summed E-state index contributed by atoms with van der Waals surface area (Å²) < 4.78 is 18.7. The molecule has 0 aromatic heterocycles. The van der Waals surface area contributed by atoms with E-state index in [9.17, 15) is 9.50 Å². The third kappa shape index (κ3) is 3.30. The molecule has 0 atom stereocenters. The lowest BCUT2D eigenvalue weighted by atomic mass is 10.1. The molecule has 2 aromatic carbocycles. The Hall–Kier alpha value is -1.91. The van der Waals surface area contributed by atoms with Crippen LogP contribution in [0.4, 0.5) is 4.39 Å². The first kappa shape index (κ1) is 13.5. The molecule has 0 aliphatic rings. The predicted molar refractivity (Wildman–Crippen MR) is 71.0 cm³/mol. The van der Waals surface area contributed by atoms with Crippen LogP contribution < -0.4 is 10.5 Å². The number of para-hydroxylation sites is 1. The number of ether oxygens (including phenoxy) is 1. The van der Waals surface area contributed by atoms with E-state index in [2.05, 4.69) is 0 Å². The van der Waals surface area contributed by atoms with Crippen LogP contribution in [0.5, 0.6) is 5.75 Å². The molecule has 0 amide bonds. The van der Waals surface area contributed by atoms with Gasteiger partial charge in [-0.1, -0.05) is 24.3 Å². The fraction of sp³-hybridized carbons (Fsp3) is 0.200. The van der Waals surface area contributed by atoms with E-state index >= 15 is 0 Å². The summed E-state index contributed by atoms with van der Waals surface area (Å²) in [6.45, 7) is 0.477. The van der Waals surface area contributed by atoms with Crippen molar-refractivity contribution in [2.45, 2.75) is 19.8 Å². The van der Waals surface area contributed by atoms with Crippen molar-refractivity contribution in [1.82, 2.24) is 0 Å². The summed E-state index contributed by atoms with van der Waals surface area (Å²) in [4.78, 5) is 0. The van der Waals surface area contributed by atoms with Crippen LogP contribution in [-0.2, 0) is 19.8 Å². The predicted octanol–water partition coefficient (Wildman–Crippen LogP) is 2.36. The van der Waals surface area contributed by atoms with Crippen molar-refractivity contribution in [2.75, 3.05) is 0 Å². The smallest absolute Gasteiger partial charge is 0.125 e. The van der Waals surface area contributed by atoms with Gasteiger partial charge in [0.15, 0.2) is 0 Å². The first-order valence-electron chi connectivity index (χ1n) is 6.03. The zero-order valence-corrected chi connectivity index (χ0v) is 10.5. The quantitative estimate of drug-likeness (QED) is 0.868. The Morgan fingerprint density at radius 1 is 1.05 bits per heavy atom. The van der Waals surface area contributed by atoms with E-state index < -0.39 is 0 Å². The third-order valence-electron chi connectivity index (χ3n) is 2.91. The van der Waals surface area contributed by atoms with Gasteiger partial charge in [-0.25, -0.2) is 4.39 Å². The van der Waals surface area contributed by atoms with Gasteiger partial charge < -0.3 is 15.6 Å². The van der Waals surface area contributed by atoms with Crippen molar-refractivity contribution in [3.8, 4) is 5.75 Å². The Balaban J connectivity index is 2.14. The minimum absolute atomic E-state index is 0.0800. The SMILES string of the molecule is NCc1cc(F)ccc1COc1ccccc1CO. The molecule has 3 nitrogen and oxygen atoms in total. The highest BCUT2D eigenvalue weighted by Crippen LogP contribution is 2.20. The summed E-state index contributed by atoms with van der Waals surface area (Å²) in [5.74, 6) is 0.317. The Morgan fingerprint density at radius 2 is 1.84 bits per heavy atom. The van der Waals surface area contributed by atoms with Crippen molar-refractivity contribution >= 4 is 0 Å². The average molecular weight is 261 g/mol. The maximum atomic E-state index is 13.1. The molecule has 19 heavy (non-hydrogen) atoms. The second-order valence-corrected chi connectivity index (χ2v) is 4.17. The van der Waals surface area contributed by atoms with Crippen LogP contribution in [0.2, 0.25) is 0 Å². The summed E-state index contributed by atoms with van der Waals surface area (Å²) >= 11 is 0. The summed E-state index contributed by atoms with van der Waals surface area (Å²) in [7, 11) is 0. The fourth-order valence-corrected chi connectivity index (χ4v) is 1.86. The number of aliphatic hydroxyl groups is 1. The van der Waals surface area contributed by atoms with Gasteiger partial charge in [0, 0.05) is 12.1 Å². The highest BCUT2D eigenvalue weighted by molar-refractivity contribution is 5.34. The standard InChI is InChI=1S/C15H16FNO2/c16-14-6-5-12(13(7-14)8-17)10-19-15-4-2-1-3-11(15)9-18/h1-7,18H,8-10,17H2. The molecule has 3 N–H and O–H groups in total. The number of nitrogens with two attached hydrogens (primary N) is 1. The first-order chi connectivity index (χ1) is 9.24. The van der Waals surface area contributed by atoms with Crippen molar-refractivity contribution in [3.63, 3.8) is 0 Å². The normalized spacial score (nSPS) is 10.5. The molecule has 0 saturated heterocycles. The van der Waals surface area contributed by atoms with Gasteiger partial charge in [0.25, 0.3) is 0 Å². The monoisotopic (exact) mass is 261 g/mol. The van der Waals surface area contributed by atoms with Gasteiger partial charge in [-0.15, -0.1) is 0 Å². The van der Waals surface area contributed by atoms with Crippen LogP contribution in [0.1, 0.15) is 16.7 Å². The lowest BCUT2D eigenvalue weighted by Crippen LogP contribution is -2.06. The zero-order valence-electron chi connectivity index (χ0n) is 10.5. The zero-order chi connectivity index (χ0) is 13.7. The molecule has 0 saturated carbocycles. The van der Waals surface area contributed by atoms with Crippen LogP contribution in [0.3, 0.4) is 0 Å². The molecule has 0 aliphatic carbocycles. The van der Waals surface area contributed by atoms with Crippen LogP contribution in [-0.4, -0.2) is 5.11 Å². The van der Waals surface area contributed by atoms with E-state index in [1.807, 2.05) is 12.1 Å². The van der Waals surface area contributed by atoms with Crippen LogP contribution >= 0.6 is 0 Å². The van der Waals surface area contributed by atoms with Gasteiger partial charge in [-0.3, -0.25) is 0 Å². The molecule has 0 fully saturated rings. The molecule has 4 heteroatoms. The number of aliphatic hydroxyl groups excluding tert-OH is 1. The molecule has 100 valence electrons. The van der Waals surface area contributed by atoms with Crippen LogP contribution in [0.25, 0.3) is 0 Å². The molecule has 0 spiro atoms. The van der Waals surface area contributed by atoms with E-state index in [0.29, 0.717) is 12.4 Å². The topological polar surface area (TPSA) is 55.5 Å². The van der Waals surface area contributed by atoms with Crippen molar-refractivity contribution in [1.29, 1.82) is 0 Å². The molecule has 0 heterocycles. The van der Waals surface area contributed by atoms with Crippen molar-refractivity contribution in [2.24, 2.45) is 5.73 Å². The van der Waals surface area contributed by atoms with Crippen LogP contribution in [0.15, 0.2) is 42.5 Å². The van der Waals surface area contributed by atoms with Gasteiger partial charge in [-0.2, -0.15) is 0 Å². The minimum Gasteiger partial charge on any atom is -0.489 e. The highest BCUT2D eigenvalue weighted by Gasteiger charge is 2.06. The number of rotatable bonds is 5. The van der Waals surface area contributed by atoms with E-state index in [-0.39, 0.29) is 19.0 Å². The van der Waals surface area contributed by atoms with Gasteiger partial charge in [0.1, 0.15) is 18.2 Å². The molecule has 2 aromatic rings. The number of hydrogen-bond acceptors (Lipinski definition) is 3. The number of halogens is 1. The average Bonchev–Trinajstić information content (AvgIpc) is 2.46. The minimum atomic E-state index is -0.306. The lowest BCUT2D eigenvalue weighted by molar-refractivity contribution is 0.258. The third-order valence-corrected chi connectivity index (χ3v) is 2.91. The first-order valence-corrected chi connectivity index (χ1v) is 6.03. The maximum absolute atomic E-state index is 13.1. The Kier molecular flexibility index (Phi) is 4.49. The van der Waals surface area contributed by atoms with Crippen molar-refractivity contribution in [3.05, 3.63) is 65.0 Å². The van der Waals surface area contributed by atoms with Crippen LogP contribution in [0, 0.1) is 5.82 Å². The fourth-order valence-electron chi connectivity index (χ4n) is 1.86. The molecule has 0 unspecified atom stereocenters. The highest BCUT2D eigenvalue weighted by atomic mass is 19.1. The molecular weight excluding hydrogens is 245 g/mol. The van der Waals surface area contributed by atoms with E-state index in [4.69, 9.17) is 10.5 Å². The molecule has 0 aliphatic heterocycles. The molecule has 2 rings (SSSR count). The largest absolute Gasteiger partial charge is 0.489 e. The van der Waals surface area contributed by atoms with Crippen molar-refractivity contribution < 1.29 is 14.2 Å². The summed E-state index contributed by atoms with van der Waals surface area (Å²) in [5, 5.41) is 9.20. The molecule has 0 bridgehead atoms. The second kappa shape index (κ2) is 6.31. The molecular formula is C15H16FNO2. The summed E-state index contributed by atoms with van der Waals surface area (Å²) in [6, 6.07) is 11.7. The van der Waals surface area contributed by atoms with Gasteiger partial charge in [0.2, 0.25) is 0 Å². The Morgan fingerprint density at radius 3 is 2.58 bits per heavy atom. The summed E-state index contributed by atoms with van der Waals surface area (Å²) in [6.07, 6.45) is 0. The van der Waals surface area contributed by atoms with E-state index in [1.165, 1.54) is 12.1 Å². The van der Waals surface area contributed by atoms with Gasteiger partial charge >= 0.3 is 0 Å². The van der Waals surface area contributed by atoms with Gasteiger partial charge in [0.05, 0.1) is 6.61 Å². The van der Waals surface area contributed by atoms with Gasteiger partial charge in [-0.05, 0) is 29.3 Å². The lowest BCUT2D eigenvalue weighted by Gasteiger charge is -2.12. The Bertz CT molecular complexity index is 558. The number of hydrogen-bond donors (Lipinski definition) is 2. The molecule has 0 radical (unpaired) electrons. The summed E-state index contributed by atoms with van der Waals surface area (Å²) in [5.41, 5.74) is 7.87. The number of benzene rings is 2. The Labute approximate surface area is 111 Å². The second-order valence-electron chi connectivity index (χ2n) is 4.17.